The van der Waals surface area contributed by atoms with Gasteiger partial charge in [-0.3, -0.25) is 9.80 Å². The van der Waals surface area contributed by atoms with Crippen LogP contribution in [0.5, 0.6) is 0 Å². The standard InChI is InChI=1S/C17H32N2S/c1-3-15-12-18-11-7-8-16(18)13-19(15)14-17(20-2)9-5-4-6-10-17/h15-16H,3-14H2,1-2H3. The zero-order valence-electron chi connectivity index (χ0n) is 13.4. The molecule has 2 unspecified atom stereocenters. The molecule has 116 valence electrons. The molecule has 2 heterocycles. The fourth-order valence-corrected chi connectivity index (χ4v) is 5.71. The number of fused-ring (bicyclic) bond motifs is 1. The average Bonchev–Trinajstić information content (AvgIpc) is 2.94. The lowest BCUT2D eigenvalue weighted by Crippen LogP contribution is -2.58. The minimum atomic E-state index is 0.576. The smallest absolute Gasteiger partial charge is 0.0284 e. The summed E-state index contributed by atoms with van der Waals surface area (Å²) in [7, 11) is 0. The highest BCUT2D eigenvalue weighted by Gasteiger charge is 2.40. The van der Waals surface area contributed by atoms with Crippen LogP contribution in [0.1, 0.15) is 58.3 Å². The van der Waals surface area contributed by atoms with Crippen molar-refractivity contribution >= 4 is 11.8 Å². The predicted molar refractivity (Wildman–Crippen MR) is 89.6 cm³/mol. The predicted octanol–water partition coefficient (Wildman–Crippen LogP) is 3.61. The Balaban J connectivity index is 1.67. The Morgan fingerprint density at radius 3 is 2.60 bits per heavy atom. The molecule has 0 aromatic carbocycles. The van der Waals surface area contributed by atoms with Gasteiger partial charge in [-0.2, -0.15) is 11.8 Å². The lowest BCUT2D eigenvalue weighted by atomic mass is 9.87. The SMILES string of the molecule is CCC1CN2CCCC2CN1CC1(SC)CCCCC1. The minimum Gasteiger partial charge on any atom is -0.298 e. The highest BCUT2D eigenvalue weighted by molar-refractivity contribution is 8.00. The second kappa shape index (κ2) is 6.58. The molecular formula is C17H32N2S. The van der Waals surface area contributed by atoms with Crippen LogP contribution in [0.3, 0.4) is 0 Å². The molecule has 1 aliphatic carbocycles. The molecule has 2 saturated heterocycles. The van der Waals surface area contributed by atoms with Gasteiger partial charge < -0.3 is 0 Å². The highest BCUT2D eigenvalue weighted by Crippen LogP contribution is 2.40. The van der Waals surface area contributed by atoms with Gasteiger partial charge >= 0.3 is 0 Å². The number of hydrogen-bond acceptors (Lipinski definition) is 3. The van der Waals surface area contributed by atoms with Crippen LogP contribution in [0.2, 0.25) is 0 Å². The maximum absolute atomic E-state index is 2.88. The molecule has 2 atom stereocenters. The molecule has 0 bridgehead atoms. The third-order valence-electron chi connectivity index (χ3n) is 6.07. The molecular weight excluding hydrogens is 264 g/mol. The van der Waals surface area contributed by atoms with Gasteiger partial charge in [0, 0.05) is 36.5 Å². The van der Waals surface area contributed by atoms with E-state index in [0.717, 1.165) is 12.1 Å². The van der Waals surface area contributed by atoms with Crippen molar-refractivity contribution < 1.29 is 0 Å². The molecule has 0 spiro atoms. The Kier molecular flexibility index (Phi) is 4.99. The maximum atomic E-state index is 2.88. The lowest BCUT2D eigenvalue weighted by molar-refractivity contribution is 0.0389. The van der Waals surface area contributed by atoms with Gasteiger partial charge in [-0.05, 0) is 44.9 Å². The number of rotatable bonds is 4. The summed E-state index contributed by atoms with van der Waals surface area (Å²) >= 11 is 2.17. The van der Waals surface area contributed by atoms with E-state index in [-0.39, 0.29) is 0 Å². The molecule has 0 N–H and O–H groups in total. The van der Waals surface area contributed by atoms with E-state index in [0.29, 0.717) is 4.75 Å². The van der Waals surface area contributed by atoms with E-state index in [1.165, 1.54) is 77.5 Å². The van der Waals surface area contributed by atoms with Gasteiger partial charge in [0.15, 0.2) is 0 Å². The summed E-state index contributed by atoms with van der Waals surface area (Å²) in [5.74, 6) is 0. The van der Waals surface area contributed by atoms with E-state index < -0.39 is 0 Å². The summed E-state index contributed by atoms with van der Waals surface area (Å²) in [6, 6.07) is 1.69. The molecule has 0 radical (unpaired) electrons. The van der Waals surface area contributed by atoms with Crippen molar-refractivity contribution in [1.82, 2.24) is 9.80 Å². The van der Waals surface area contributed by atoms with E-state index in [2.05, 4.69) is 34.7 Å². The third-order valence-corrected chi connectivity index (χ3v) is 7.47. The second-order valence-electron chi connectivity index (χ2n) is 7.23. The van der Waals surface area contributed by atoms with Gasteiger partial charge in [0.1, 0.15) is 0 Å². The van der Waals surface area contributed by atoms with Gasteiger partial charge in [-0.15, -0.1) is 0 Å². The van der Waals surface area contributed by atoms with Crippen molar-refractivity contribution in [3.05, 3.63) is 0 Å². The molecule has 3 aliphatic rings. The Bertz CT molecular complexity index is 314. The van der Waals surface area contributed by atoms with Gasteiger partial charge in [0.2, 0.25) is 0 Å². The summed E-state index contributed by atoms with van der Waals surface area (Å²) in [5, 5.41) is 0. The summed E-state index contributed by atoms with van der Waals surface area (Å²) in [5.41, 5.74) is 0. The van der Waals surface area contributed by atoms with Gasteiger partial charge in [0.25, 0.3) is 0 Å². The van der Waals surface area contributed by atoms with Crippen molar-refractivity contribution in [3.63, 3.8) is 0 Å². The van der Waals surface area contributed by atoms with Crippen LogP contribution in [-0.4, -0.2) is 59.1 Å². The molecule has 0 aromatic heterocycles. The van der Waals surface area contributed by atoms with E-state index in [4.69, 9.17) is 0 Å². The monoisotopic (exact) mass is 296 g/mol. The Hall–Kier alpha value is 0.270. The first-order valence-corrected chi connectivity index (χ1v) is 10.0. The van der Waals surface area contributed by atoms with Crippen LogP contribution in [0.25, 0.3) is 0 Å². The molecule has 3 fully saturated rings. The lowest BCUT2D eigenvalue weighted by Gasteiger charge is -2.48. The van der Waals surface area contributed by atoms with E-state index in [9.17, 15) is 0 Å². The molecule has 1 saturated carbocycles. The third kappa shape index (κ3) is 3.05. The summed E-state index contributed by atoms with van der Waals surface area (Å²) in [4.78, 5) is 5.66. The Morgan fingerprint density at radius 2 is 1.90 bits per heavy atom. The van der Waals surface area contributed by atoms with Crippen LogP contribution in [0, 0.1) is 0 Å². The fourth-order valence-electron chi connectivity index (χ4n) is 4.72. The molecule has 3 heteroatoms. The van der Waals surface area contributed by atoms with Crippen LogP contribution in [0.15, 0.2) is 0 Å². The Morgan fingerprint density at radius 1 is 1.10 bits per heavy atom. The van der Waals surface area contributed by atoms with Crippen molar-refractivity contribution in [3.8, 4) is 0 Å². The Labute approximate surface area is 129 Å². The van der Waals surface area contributed by atoms with E-state index in [1.807, 2.05) is 0 Å². The summed E-state index contributed by atoms with van der Waals surface area (Å²) in [6.45, 7) is 7.80. The number of piperazine rings is 1. The van der Waals surface area contributed by atoms with Crippen LogP contribution in [-0.2, 0) is 0 Å². The average molecular weight is 297 g/mol. The number of hydrogen-bond donors (Lipinski definition) is 0. The molecule has 2 nitrogen and oxygen atoms in total. The van der Waals surface area contributed by atoms with Crippen molar-refractivity contribution in [1.29, 1.82) is 0 Å². The summed E-state index contributed by atoms with van der Waals surface area (Å²) < 4.78 is 0.576. The number of nitrogens with zero attached hydrogens (tertiary/aromatic N) is 2. The van der Waals surface area contributed by atoms with Crippen molar-refractivity contribution in [2.45, 2.75) is 75.1 Å². The maximum Gasteiger partial charge on any atom is 0.0284 e. The van der Waals surface area contributed by atoms with Crippen molar-refractivity contribution in [2.24, 2.45) is 0 Å². The van der Waals surface area contributed by atoms with Crippen LogP contribution in [0.4, 0.5) is 0 Å². The first-order chi connectivity index (χ1) is 9.76. The van der Waals surface area contributed by atoms with E-state index >= 15 is 0 Å². The van der Waals surface area contributed by atoms with Gasteiger partial charge in [0.05, 0.1) is 0 Å². The minimum absolute atomic E-state index is 0.576. The molecule has 0 aromatic rings. The first-order valence-electron chi connectivity index (χ1n) is 8.79. The van der Waals surface area contributed by atoms with Gasteiger partial charge in [-0.1, -0.05) is 26.2 Å². The zero-order chi connectivity index (χ0) is 14.0. The van der Waals surface area contributed by atoms with Crippen LogP contribution < -0.4 is 0 Å². The second-order valence-corrected chi connectivity index (χ2v) is 8.50. The topological polar surface area (TPSA) is 6.48 Å². The van der Waals surface area contributed by atoms with E-state index in [1.54, 1.807) is 0 Å². The molecule has 2 aliphatic heterocycles. The largest absolute Gasteiger partial charge is 0.298 e. The van der Waals surface area contributed by atoms with Gasteiger partial charge in [-0.25, -0.2) is 0 Å². The fraction of sp³-hybridized carbons (Fsp3) is 1.00. The molecule has 0 amide bonds. The molecule has 20 heavy (non-hydrogen) atoms. The zero-order valence-corrected chi connectivity index (χ0v) is 14.3. The quantitative estimate of drug-likeness (QED) is 0.782. The number of thioether (sulfide) groups is 1. The normalized spacial score (nSPS) is 35.1. The van der Waals surface area contributed by atoms with Crippen molar-refractivity contribution in [2.75, 3.05) is 32.4 Å². The van der Waals surface area contributed by atoms with Crippen LogP contribution >= 0.6 is 11.8 Å². The summed E-state index contributed by atoms with van der Waals surface area (Å²) in [6.07, 6.45) is 13.9. The molecule has 3 rings (SSSR count). The first kappa shape index (κ1) is 15.2. The highest BCUT2D eigenvalue weighted by atomic mass is 32.2.